The van der Waals surface area contributed by atoms with Crippen LogP contribution >= 0.6 is 0 Å². The third kappa shape index (κ3) is 3.46. The van der Waals surface area contributed by atoms with Crippen LogP contribution in [0.4, 0.5) is 5.69 Å². The van der Waals surface area contributed by atoms with Crippen LogP contribution in [-0.4, -0.2) is 32.8 Å². The minimum Gasteiger partial charge on any atom is -0.486 e. The molecule has 25 heavy (non-hydrogen) atoms. The first-order valence-corrected chi connectivity index (χ1v) is 9.48. The summed E-state index contributed by atoms with van der Waals surface area (Å²) in [5, 5.41) is 2.11. The minimum atomic E-state index is -3.56. The summed E-state index contributed by atoms with van der Waals surface area (Å²) in [4.78, 5) is 12.7. The fourth-order valence-electron chi connectivity index (χ4n) is 2.48. The Bertz CT molecular complexity index is 905. The number of ether oxygens (including phenoxy) is 2. The van der Waals surface area contributed by atoms with Gasteiger partial charge in [0.05, 0.1) is 15.7 Å². The van der Waals surface area contributed by atoms with Crippen molar-refractivity contribution in [3.05, 3.63) is 48.0 Å². The number of benzene rings is 2. The molecule has 1 aliphatic heterocycles. The van der Waals surface area contributed by atoms with E-state index in [1.54, 1.807) is 44.2 Å². The molecule has 0 fully saturated rings. The average molecular weight is 361 g/mol. The Balaban J connectivity index is 1.90. The molecule has 0 unspecified atom stereocenters. The van der Waals surface area contributed by atoms with Crippen molar-refractivity contribution in [2.75, 3.05) is 18.5 Å². The number of nitrogens with one attached hydrogen (secondary N) is 1. The lowest BCUT2D eigenvalue weighted by Crippen LogP contribution is -2.21. The van der Waals surface area contributed by atoms with Crippen LogP contribution in [0.15, 0.2) is 47.4 Å². The molecule has 6 nitrogen and oxygen atoms in total. The van der Waals surface area contributed by atoms with Gasteiger partial charge in [0.2, 0.25) is 0 Å². The zero-order chi connectivity index (χ0) is 18.0. The van der Waals surface area contributed by atoms with E-state index in [1.807, 2.05) is 0 Å². The summed E-state index contributed by atoms with van der Waals surface area (Å²) in [7, 11) is -3.56. The molecule has 1 N–H and O–H groups in total. The van der Waals surface area contributed by atoms with Gasteiger partial charge in [-0.25, -0.2) is 8.42 Å². The molecule has 3 rings (SSSR count). The van der Waals surface area contributed by atoms with Gasteiger partial charge in [0, 0.05) is 11.8 Å². The minimum absolute atomic E-state index is 0.0278. The highest BCUT2D eigenvalue weighted by atomic mass is 32.2. The summed E-state index contributed by atoms with van der Waals surface area (Å²) < 4.78 is 35.9. The number of carbonyl (C=O) groups is 1. The molecule has 0 aromatic heterocycles. The van der Waals surface area contributed by atoms with E-state index in [9.17, 15) is 13.2 Å². The summed E-state index contributed by atoms with van der Waals surface area (Å²) in [6.45, 7) is 4.11. The lowest BCUT2D eigenvalue weighted by molar-refractivity contribution is 0.102. The van der Waals surface area contributed by atoms with Crippen molar-refractivity contribution >= 4 is 21.4 Å². The molecule has 0 aliphatic carbocycles. The third-order valence-corrected chi connectivity index (χ3v) is 6.07. The van der Waals surface area contributed by atoms with Crippen molar-refractivity contribution in [1.82, 2.24) is 0 Å². The van der Waals surface area contributed by atoms with Crippen LogP contribution in [0.2, 0.25) is 0 Å². The van der Waals surface area contributed by atoms with Crippen molar-refractivity contribution in [2.45, 2.75) is 24.0 Å². The predicted octanol–water partition coefficient (Wildman–Crippen LogP) is 2.89. The maximum Gasteiger partial charge on any atom is 0.256 e. The smallest absolute Gasteiger partial charge is 0.256 e. The number of hydrogen-bond acceptors (Lipinski definition) is 5. The van der Waals surface area contributed by atoms with Crippen LogP contribution in [0.1, 0.15) is 24.2 Å². The predicted molar refractivity (Wildman–Crippen MR) is 94.1 cm³/mol. The second-order valence-corrected chi connectivity index (χ2v) is 8.38. The fraction of sp³-hybridized carbons (Fsp3) is 0.278. The number of rotatable bonds is 4. The molecule has 0 bridgehead atoms. The quantitative estimate of drug-likeness (QED) is 0.905. The summed E-state index contributed by atoms with van der Waals surface area (Å²) in [6.07, 6.45) is 0. The van der Waals surface area contributed by atoms with Crippen LogP contribution in [0.5, 0.6) is 11.5 Å². The molecule has 0 atom stereocenters. The maximum absolute atomic E-state index is 12.6. The number of hydrogen-bond donors (Lipinski definition) is 1. The van der Waals surface area contributed by atoms with Crippen molar-refractivity contribution in [3.63, 3.8) is 0 Å². The Morgan fingerprint density at radius 3 is 2.44 bits per heavy atom. The first kappa shape index (κ1) is 17.3. The Labute approximate surface area is 146 Å². The number of anilines is 1. The molecule has 0 saturated carbocycles. The number of fused-ring (bicyclic) bond motifs is 1. The highest BCUT2D eigenvalue weighted by molar-refractivity contribution is 7.92. The van der Waals surface area contributed by atoms with Gasteiger partial charge in [-0.2, -0.15) is 0 Å². The van der Waals surface area contributed by atoms with Crippen molar-refractivity contribution in [3.8, 4) is 11.5 Å². The van der Waals surface area contributed by atoms with Gasteiger partial charge in [0.1, 0.15) is 13.2 Å². The van der Waals surface area contributed by atoms with Gasteiger partial charge in [-0.3, -0.25) is 4.79 Å². The van der Waals surface area contributed by atoms with E-state index in [4.69, 9.17) is 9.47 Å². The Kier molecular flexibility index (Phi) is 4.67. The fourth-order valence-corrected chi connectivity index (χ4v) is 3.72. The summed E-state index contributed by atoms with van der Waals surface area (Å²) in [5.41, 5.74) is 0.622. The monoisotopic (exact) mass is 361 g/mol. The van der Waals surface area contributed by atoms with Gasteiger partial charge in [-0.05, 0) is 38.1 Å². The van der Waals surface area contributed by atoms with Crippen LogP contribution in [0.3, 0.4) is 0 Å². The van der Waals surface area contributed by atoms with Crippen LogP contribution in [0.25, 0.3) is 0 Å². The van der Waals surface area contributed by atoms with Crippen molar-refractivity contribution in [2.24, 2.45) is 0 Å². The molecule has 132 valence electrons. The van der Waals surface area contributed by atoms with Gasteiger partial charge in [0.25, 0.3) is 5.91 Å². The number of carbonyl (C=O) groups excluding carboxylic acids is 1. The Morgan fingerprint density at radius 1 is 1.04 bits per heavy atom. The van der Waals surface area contributed by atoms with E-state index >= 15 is 0 Å². The number of amides is 1. The molecule has 2 aromatic rings. The first-order valence-electron chi connectivity index (χ1n) is 7.93. The molecule has 1 heterocycles. The van der Waals surface area contributed by atoms with Gasteiger partial charge < -0.3 is 14.8 Å². The molecule has 1 amide bonds. The summed E-state index contributed by atoms with van der Waals surface area (Å²) in [6, 6.07) is 11.3. The van der Waals surface area contributed by atoms with E-state index in [2.05, 4.69) is 5.32 Å². The Hall–Kier alpha value is -2.54. The standard InChI is InChI=1S/C18H19NO5S/c1-12(2)25(21,22)17-6-4-3-5-14(17)18(20)19-13-7-8-15-16(11-13)24-10-9-23-15/h3-8,11-12H,9-10H2,1-2H3,(H,19,20). The third-order valence-electron chi connectivity index (χ3n) is 3.86. The normalized spacial score (nSPS) is 13.6. The molecular weight excluding hydrogens is 342 g/mol. The van der Waals surface area contributed by atoms with Crippen LogP contribution in [0, 0.1) is 0 Å². The lowest BCUT2D eigenvalue weighted by Gasteiger charge is -2.19. The number of sulfone groups is 1. The summed E-state index contributed by atoms with van der Waals surface area (Å²) in [5.74, 6) is 0.677. The van der Waals surface area contributed by atoms with E-state index < -0.39 is 21.0 Å². The molecule has 1 aliphatic rings. The van der Waals surface area contributed by atoms with E-state index in [1.165, 1.54) is 12.1 Å². The van der Waals surface area contributed by atoms with Gasteiger partial charge in [0.15, 0.2) is 21.3 Å². The molecule has 0 radical (unpaired) electrons. The average Bonchev–Trinajstić information content (AvgIpc) is 2.61. The van der Waals surface area contributed by atoms with Crippen molar-refractivity contribution in [1.29, 1.82) is 0 Å². The van der Waals surface area contributed by atoms with Gasteiger partial charge >= 0.3 is 0 Å². The SMILES string of the molecule is CC(C)S(=O)(=O)c1ccccc1C(=O)Nc1ccc2c(c1)OCCO2. The second kappa shape index (κ2) is 6.76. The van der Waals surface area contributed by atoms with E-state index in [-0.39, 0.29) is 10.5 Å². The highest BCUT2D eigenvalue weighted by Crippen LogP contribution is 2.33. The first-order chi connectivity index (χ1) is 11.9. The second-order valence-electron chi connectivity index (χ2n) is 5.90. The summed E-state index contributed by atoms with van der Waals surface area (Å²) >= 11 is 0. The van der Waals surface area contributed by atoms with Crippen LogP contribution < -0.4 is 14.8 Å². The Morgan fingerprint density at radius 2 is 1.72 bits per heavy atom. The maximum atomic E-state index is 12.6. The molecule has 2 aromatic carbocycles. The largest absolute Gasteiger partial charge is 0.486 e. The molecule has 0 spiro atoms. The molecule has 0 saturated heterocycles. The molecule has 7 heteroatoms. The molecular formula is C18H19NO5S. The van der Waals surface area contributed by atoms with E-state index in [0.29, 0.717) is 30.4 Å². The van der Waals surface area contributed by atoms with Gasteiger partial charge in [-0.15, -0.1) is 0 Å². The van der Waals surface area contributed by atoms with E-state index in [0.717, 1.165) is 0 Å². The zero-order valence-corrected chi connectivity index (χ0v) is 14.8. The lowest BCUT2D eigenvalue weighted by atomic mass is 10.2. The topological polar surface area (TPSA) is 81.7 Å². The zero-order valence-electron chi connectivity index (χ0n) is 14.0. The highest BCUT2D eigenvalue weighted by Gasteiger charge is 2.25. The van der Waals surface area contributed by atoms with Crippen LogP contribution in [-0.2, 0) is 9.84 Å². The van der Waals surface area contributed by atoms with Crippen molar-refractivity contribution < 1.29 is 22.7 Å². The van der Waals surface area contributed by atoms with Gasteiger partial charge in [-0.1, -0.05) is 12.1 Å².